The molecule has 0 amide bonds. The maximum Gasteiger partial charge on any atom is 0.271 e. The molecular weight excluding hydrogens is 418 g/mol. The van der Waals surface area contributed by atoms with Gasteiger partial charge in [-0.15, -0.1) is 0 Å². The van der Waals surface area contributed by atoms with Crippen LogP contribution in [-0.2, 0) is 0 Å². The van der Waals surface area contributed by atoms with Crippen molar-refractivity contribution in [2.75, 3.05) is 0 Å². The van der Waals surface area contributed by atoms with Crippen molar-refractivity contribution in [1.29, 1.82) is 0 Å². The number of non-ortho nitro benzene ring substituents is 1. The van der Waals surface area contributed by atoms with Gasteiger partial charge in [0.05, 0.1) is 16.1 Å². The average Bonchev–Trinajstić information content (AvgIpc) is 2.73. The molecule has 0 fully saturated rings. The van der Waals surface area contributed by atoms with Crippen molar-refractivity contribution in [3.05, 3.63) is 104 Å². The maximum absolute atomic E-state index is 14.1. The van der Waals surface area contributed by atoms with Crippen LogP contribution in [-0.4, -0.2) is 9.49 Å². The molecule has 9 heteroatoms. The number of nitro groups is 1. The number of fused-ring (bicyclic) bond motifs is 1. The van der Waals surface area contributed by atoms with Crippen LogP contribution in [0.3, 0.4) is 0 Å². The molecule has 0 aliphatic heterocycles. The smallest absolute Gasteiger partial charge is 0.271 e. The van der Waals surface area contributed by atoms with Crippen LogP contribution in [0.15, 0.2) is 71.7 Å². The highest BCUT2D eigenvalue weighted by Gasteiger charge is 2.18. The van der Waals surface area contributed by atoms with Gasteiger partial charge in [0.15, 0.2) is 17.3 Å². The first kappa shape index (κ1) is 19.5. The zero-order valence-electron chi connectivity index (χ0n) is 15.0. The summed E-state index contributed by atoms with van der Waals surface area (Å²) in [5.74, 6) is -1.96. The fraction of sp³-hybridized carbons (Fsp3) is 0. The molecule has 0 aliphatic carbocycles. The van der Waals surface area contributed by atoms with Crippen molar-refractivity contribution in [3.63, 3.8) is 0 Å². The number of pyridine rings is 1. The zero-order chi connectivity index (χ0) is 21.4. The lowest BCUT2D eigenvalue weighted by Gasteiger charge is -2.16. The number of nitrogens with zero attached hydrogens (tertiary/aromatic N) is 2. The highest BCUT2D eigenvalue weighted by Crippen LogP contribution is 2.34. The highest BCUT2D eigenvalue weighted by molar-refractivity contribution is 6.31. The molecule has 0 aliphatic rings. The molecule has 4 aromatic rings. The van der Waals surface area contributed by atoms with Crippen LogP contribution < -0.4 is 10.2 Å². The van der Waals surface area contributed by atoms with Gasteiger partial charge in [0, 0.05) is 29.8 Å². The summed E-state index contributed by atoms with van der Waals surface area (Å²) in [6.45, 7) is 0. The van der Waals surface area contributed by atoms with Crippen molar-refractivity contribution in [2.45, 2.75) is 0 Å². The monoisotopic (exact) mass is 428 g/mol. The normalized spacial score (nSPS) is 10.9. The topological polar surface area (TPSA) is 74.4 Å². The molecule has 6 nitrogen and oxygen atoms in total. The summed E-state index contributed by atoms with van der Waals surface area (Å²) >= 11 is 6.09. The van der Waals surface area contributed by atoms with Crippen LogP contribution in [0.25, 0.3) is 16.6 Å². The molecule has 0 N–H and O–H groups in total. The molecule has 0 atom stereocenters. The molecule has 0 spiro atoms. The maximum atomic E-state index is 14.1. The third kappa shape index (κ3) is 3.48. The minimum absolute atomic E-state index is 0.0379. The summed E-state index contributed by atoms with van der Waals surface area (Å²) in [6.07, 6.45) is 1.30. The van der Waals surface area contributed by atoms with Crippen LogP contribution in [0.1, 0.15) is 0 Å². The first-order valence-corrected chi connectivity index (χ1v) is 8.94. The Morgan fingerprint density at radius 2 is 1.73 bits per heavy atom. The summed E-state index contributed by atoms with van der Waals surface area (Å²) in [4.78, 5) is 23.1. The van der Waals surface area contributed by atoms with Gasteiger partial charge >= 0.3 is 0 Å². The lowest BCUT2D eigenvalue weighted by atomic mass is 10.2. The summed E-state index contributed by atoms with van der Waals surface area (Å²) in [5, 5.41) is 11.5. The summed E-state index contributed by atoms with van der Waals surface area (Å²) in [6, 6.07) is 13.0. The van der Waals surface area contributed by atoms with Gasteiger partial charge in [-0.05, 0) is 30.3 Å². The number of rotatable bonds is 4. The predicted octanol–water partition coefficient (Wildman–Crippen LogP) is 5.62. The number of hydrogen-bond acceptors (Lipinski definition) is 4. The Labute approximate surface area is 172 Å². The molecule has 4 rings (SSSR count). The summed E-state index contributed by atoms with van der Waals surface area (Å²) in [5.41, 5.74) is -0.0975. The second-order valence-corrected chi connectivity index (χ2v) is 6.69. The Morgan fingerprint density at radius 1 is 1.00 bits per heavy atom. The fourth-order valence-electron chi connectivity index (χ4n) is 3.02. The van der Waals surface area contributed by atoms with Gasteiger partial charge in [-0.2, -0.15) is 0 Å². The minimum Gasteiger partial charge on any atom is -0.452 e. The fourth-order valence-corrected chi connectivity index (χ4v) is 3.21. The van der Waals surface area contributed by atoms with Crippen molar-refractivity contribution >= 4 is 28.2 Å². The van der Waals surface area contributed by atoms with E-state index < -0.39 is 22.0 Å². The number of benzene rings is 3. The Morgan fingerprint density at radius 3 is 2.47 bits per heavy atom. The standard InChI is InChI=1S/C21H11ClF2N2O4/c22-15-11-25(17-4-2-1-3-14(17)21(15)27)18-10-13(26(28)29)6-8-20(18)30-19-7-5-12(23)9-16(19)24/h1-11H. The first-order chi connectivity index (χ1) is 14.3. The second kappa shape index (κ2) is 7.57. The van der Waals surface area contributed by atoms with Gasteiger partial charge in [0.1, 0.15) is 10.8 Å². The van der Waals surface area contributed by atoms with Gasteiger partial charge in [-0.1, -0.05) is 23.7 Å². The Hall–Kier alpha value is -3.78. The van der Waals surface area contributed by atoms with Crippen molar-refractivity contribution in [1.82, 2.24) is 4.57 Å². The Kier molecular flexibility index (Phi) is 4.93. The molecule has 0 bridgehead atoms. The van der Waals surface area contributed by atoms with Crippen molar-refractivity contribution < 1.29 is 18.4 Å². The van der Waals surface area contributed by atoms with E-state index >= 15 is 0 Å². The van der Waals surface area contributed by atoms with E-state index in [4.69, 9.17) is 16.3 Å². The quantitative estimate of drug-likeness (QED) is 0.312. The van der Waals surface area contributed by atoms with Gasteiger partial charge in [-0.25, -0.2) is 8.78 Å². The molecule has 1 heterocycles. The van der Waals surface area contributed by atoms with E-state index in [1.165, 1.54) is 29.0 Å². The average molecular weight is 429 g/mol. The van der Waals surface area contributed by atoms with Crippen LogP contribution in [0, 0.1) is 21.7 Å². The number of halogens is 3. The van der Waals surface area contributed by atoms with E-state index in [9.17, 15) is 23.7 Å². The van der Waals surface area contributed by atoms with E-state index in [2.05, 4.69) is 0 Å². The minimum atomic E-state index is -0.943. The third-order valence-electron chi connectivity index (χ3n) is 4.39. The largest absolute Gasteiger partial charge is 0.452 e. The zero-order valence-corrected chi connectivity index (χ0v) is 15.8. The first-order valence-electron chi connectivity index (χ1n) is 8.57. The number of ether oxygens (including phenoxy) is 1. The predicted molar refractivity (Wildman–Crippen MR) is 108 cm³/mol. The summed E-state index contributed by atoms with van der Waals surface area (Å²) in [7, 11) is 0. The highest BCUT2D eigenvalue weighted by atomic mass is 35.5. The molecule has 0 saturated heterocycles. The van der Waals surface area contributed by atoms with Crippen molar-refractivity contribution in [2.24, 2.45) is 0 Å². The van der Waals surface area contributed by atoms with E-state index in [0.717, 1.165) is 12.1 Å². The lowest BCUT2D eigenvalue weighted by Crippen LogP contribution is -2.09. The molecule has 150 valence electrons. The number of para-hydroxylation sites is 1. The molecule has 0 saturated carbocycles. The Balaban J connectivity index is 1.98. The molecule has 0 unspecified atom stereocenters. The van der Waals surface area contributed by atoms with Gasteiger partial charge in [-0.3, -0.25) is 14.9 Å². The lowest BCUT2D eigenvalue weighted by molar-refractivity contribution is -0.384. The molecule has 3 aromatic carbocycles. The van der Waals surface area contributed by atoms with E-state index in [0.29, 0.717) is 11.6 Å². The number of aromatic nitrogens is 1. The SMILES string of the molecule is O=c1c(Cl)cn(-c2cc([N+](=O)[O-])ccc2Oc2ccc(F)cc2F)c2ccccc12. The van der Waals surface area contributed by atoms with Crippen molar-refractivity contribution in [3.8, 4) is 17.2 Å². The van der Waals surface area contributed by atoms with E-state index in [-0.39, 0.29) is 33.3 Å². The van der Waals surface area contributed by atoms with Crippen LogP contribution in [0.2, 0.25) is 5.02 Å². The van der Waals surface area contributed by atoms with Gasteiger partial charge in [0.25, 0.3) is 5.69 Å². The van der Waals surface area contributed by atoms with E-state index in [1.54, 1.807) is 24.3 Å². The third-order valence-corrected chi connectivity index (χ3v) is 4.66. The summed E-state index contributed by atoms with van der Waals surface area (Å²) < 4.78 is 34.4. The Bertz CT molecular complexity index is 1370. The van der Waals surface area contributed by atoms with Crippen LogP contribution in [0.5, 0.6) is 11.5 Å². The van der Waals surface area contributed by atoms with E-state index in [1.807, 2.05) is 0 Å². The van der Waals surface area contributed by atoms with Crippen LogP contribution >= 0.6 is 11.6 Å². The van der Waals surface area contributed by atoms with Crippen LogP contribution in [0.4, 0.5) is 14.5 Å². The van der Waals surface area contributed by atoms with Gasteiger partial charge in [0.2, 0.25) is 5.43 Å². The van der Waals surface area contributed by atoms with Gasteiger partial charge < -0.3 is 9.30 Å². The second-order valence-electron chi connectivity index (χ2n) is 6.28. The molecule has 1 aromatic heterocycles. The number of hydrogen-bond donors (Lipinski definition) is 0. The molecular formula is C21H11ClF2N2O4. The molecule has 0 radical (unpaired) electrons. The molecule has 30 heavy (non-hydrogen) atoms. The number of nitro benzene ring substituents is 1.